The Morgan fingerprint density at radius 1 is 1.21 bits per heavy atom. The molecule has 0 amide bonds. The van der Waals surface area contributed by atoms with E-state index in [1.54, 1.807) is 0 Å². The van der Waals surface area contributed by atoms with Gasteiger partial charge < -0.3 is 10.1 Å². The lowest BCUT2D eigenvalue weighted by molar-refractivity contribution is 0.0814. The Bertz CT molecular complexity index is 414. The number of ether oxygens (including phenoxy) is 1. The second-order valence-electron chi connectivity index (χ2n) is 7.01. The van der Waals surface area contributed by atoms with Gasteiger partial charge in [0, 0.05) is 12.1 Å². The van der Waals surface area contributed by atoms with Crippen LogP contribution in [-0.2, 0) is 5.41 Å². The standard InChI is InChI=1S/C17H27NO/c1-12(2)18-14-10-16(11-14)19-15-8-6-7-13(9-15)17(3,4)5/h6-9,12,14,16,18H,10-11H2,1-5H3/t14-,16+. The molecule has 1 saturated carbocycles. The molecule has 19 heavy (non-hydrogen) atoms. The first kappa shape index (κ1) is 14.4. The van der Waals surface area contributed by atoms with Gasteiger partial charge in [0.05, 0.1) is 0 Å². The van der Waals surface area contributed by atoms with Crippen molar-refractivity contribution in [3.63, 3.8) is 0 Å². The molecule has 1 aliphatic carbocycles. The van der Waals surface area contributed by atoms with Crippen LogP contribution in [0, 0.1) is 0 Å². The van der Waals surface area contributed by atoms with E-state index in [2.05, 4.69) is 64.2 Å². The van der Waals surface area contributed by atoms with E-state index in [0.29, 0.717) is 18.2 Å². The van der Waals surface area contributed by atoms with Gasteiger partial charge in [0.15, 0.2) is 0 Å². The minimum absolute atomic E-state index is 0.181. The first-order chi connectivity index (χ1) is 8.84. The molecule has 1 fully saturated rings. The van der Waals surface area contributed by atoms with Crippen LogP contribution in [0.4, 0.5) is 0 Å². The summed E-state index contributed by atoms with van der Waals surface area (Å²) in [7, 11) is 0. The highest BCUT2D eigenvalue weighted by Crippen LogP contribution is 2.29. The Morgan fingerprint density at radius 3 is 2.47 bits per heavy atom. The molecule has 0 heterocycles. The van der Waals surface area contributed by atoms with Crippen molar-refractivity contribution < 1.29 is 4.74 Å². The van der Waals surface area contributed by atoms with Gasteiger partial charge in [-0.15, -0.1) is 0 Å². The van der Waals surface area contributed by atoms with E-state index in [0.717, 1.165) is 18.6 Å². The Labute approximate surface area is 117 Å². The van der Waals surface area contributed by atoms with Gasteiger partial charge in [-0.1, -0.05) is 46.8 Å². The molecule has 2 heteroatoms. The van der Waals surface area contributed by atoms with Crippen molar-refractivity contribution in [3.05, 3.63) is 29.8 Å². The molecule has 2 nitrogen and oxygen atoms in total. The zero-order chi connectivity index (χ0) is 14.0. The summed E-state index contributed by atoms with van der Waals surface area (Å²) in [5, 5.41) is 3.55. The Morgan fingerprint density at radius 2 is 1.89 bits per heavy atom. The van der Waals surface area contributed by atoms with Gasteiger partial charge in [-0.2, -0.15) is 0 Å². The van der Waals surface area contributed by atoms with Crippen LogP contribution in [0.1, 0.15) is 53.0 Å². The minimum atomic E-state index is 0.181. The summed E-state index contributed by atoms with van der Waals surface area (Å²) < 4.78 is 6.06. The fraction of sp³-hybridized carbons (Fsp3) is 0.647. The molecule has 1 N–H and O–H groups in total. The second kappa shape index (κ2) is 5.54. The third-order valence-electron chi connectivity index (χ3n) is 3.67. The molecular formula is C17H27NO. The number of hydrogen-bond donors (Lipinski definition) is 1. The van der Waals surface area contributed by atoms with Crippen LogP contribution in [0.5, 0.6) is 5.75 Å². The van der Waals surface area contributed by atoms with Crippen molar-refractivity contribution >= 4 is 0 Å². The van der Waals surface area contributed by atoms with Crippen molar-refractivity contribution in [1.82, 2.24) is 5.32 Å². The maximum Gasteiger partial charge on any atom is 0.120 e. The van der Waals surface area contributed by atoms with Gasteiger partial charge in [-0.25, -0.2) is 0 Å². The molecule has 0 bridgehead atoms. The van der Waals surface area contributed by atoms with Crippen molar-refractivity contribution in [2.24, 2.45) is 0 Å². The number of hydrogen-bond acceptors (Lipinski definition) is 2. The Kier molecular flexibility index (Phi) is 4.19. The molecule has 0 unspecified atom stereocenters. The lowest BCUT2D eigenvalue weighted by atomic mass is 9.86. The highest BCUT2D eigenvalue weighted by molar-refractivity contribution is 5.32. The van der Waals surface area contributed by atoms with Crippen LogP contribution in [0.25, 0.3) is 0 Å². The summed E-state index contributed by atoms with van der Waals surface area (Å²) in [6.07, 6.45) is 2.63. The molecule has 1 aromatic rings. The van der Waals surface area contributed by atoms with E-state index in [-0.39, 0.29) is 5.41 Å². The van der Waals surface area contributed by atoms with Crippen LogP contribution >= 0.6 is 0 Å². The van der Waals surface area contributed by atoms with Crippen LogP contribution in [0.15, 0.2) is 24.3 Å². The number of nitrogens with one attached hydrogen (secondary N) is 1. The van der Waals surface area contributed by atoms with Gasteiger partial charge in [0.2, 0.25) is 0 Å². The maximum absolute atomic E-state index is 6.06. The summed E-state index contributed by atoms with van der Waals surface area (Å²) in [4.78, 5) is 0. The van der Waals surface area contributed by atoms with Crippen molar-refractivity contribution in [3.8, 4) is 5.75 Å². The third-order valence-corrected chi connectivity index (χ3v) is 3.67. The van der Waals surface area contributed by atoms with Crippen LogP contribution in [-0.4, -0.2) is 18.2 Å². The first-order valence-corrected chi connectivity index (χ1v) is 7.38. The molecule has 0 saturated heterocycles. The first-order valence-electron chi connectivity index (χ1n) is 7.38. The average Bonchev–Trinajstić information content (AvgIpc) is 2.25. The predicted octanol–water partition coefficient (Wildman–Crippen LogP) is 3.89. The van der Waals surface area contributed by atoms with Crippen molar-refractivity contribution in [2.75, 3.05) is 0 Å². The predicted molar refractivity (Wildman–Crippen MR) is 80.9 cm³/mol. The number of benzene rings is 1. The topological polar surface area (TPSA) is 21.3 Å². The van der Waals surface area contributed by atoms with Gasteiger partial charge in [-0.3, -0.25) is 0 Å². The molecule has 2 rings (SSSR count). The van der Waals surface area contributed by atoms with Crippen LogP contribution < -0.4 is 10.1 Å². The Hall–Kier alpha value is -1.02. The lowest BCUT2D eigenvalue weighted by Gasteiger charge is -2.37. The normalized spacial score (nSPS) is 23.3. The van der Waals surface area contributed by atoms with E-state index < -0.39 is 0 Å². The molecular weight excluding hydrogens is 234 g/mol. The third kappa shape index (κ3) is 3.97. The molecule has 0 aromatic heterocycles. The molecule has 0 radical (unpaired) electrons. The quantitative estimate of drug-likeness (QED) is 0.887. The van der Waals surface area contributed by atoms with E-state index in [4.69, 9.17) is 4.74 Å². The largest absolute Gasteiger partial charge is 0.490 e. The molecule has 0 atom stereocenters. The summed E-state index contributed by atoms with van der Waals surface area (Å²) in [6.45, 7) is 11.1. The summed E-state index contributed by atoms with van der Waals surface area (Å²) in [5.74, 6) is 1.01. The van der Waals surface area contributed by atoms with Gasteiger partial charge in [0.1, 0.15) is 11.9 Å². The van der Waals surface area contributed by atoms with Crippen molar-refractivity contribution in [1.29, 1.82) is 0 Å². The minimum Gasteiger partial charge on any atom is -0.490 e. The summed E-state index contributed by atoms with van der Waals surface area (Å²) >= 11 is 0. The van der Waals surface area contributed by atoms with Crippen LogP contribution in [0.2, 0.25) is 0 Å². The summed E-state index contributed by atoms with van der Waals surface area (Å²) in [6, 6.07) is 9.72. The van der Waals surface area contributed by atoms with E-state index in [1.807, 2.05) is 0 Å². The highest BCUT2D eigenvalue weighted by Gasteiger charge is 2.31. The molecule has 1 aliphatic rings. The zero-order valence-corrected chi connectivity index (χ0v) is 12.9. The van der Waals surface area contributed by atoms with E-state index >= 15 is 0 Å². The fourth-order valence-electron chi connectivity index (χ4n) is 2.50. The fourth-order valence-corrected chi connectivity index (χ4v) is 2.50. The number of rotatable bonds is 4. The monoisotopic (exact) mass is 261 g/mol. The van der Waals surface area contributed by atoms with Gasteiger partial charge >= 0.3 is 0 Å². The average molecular weight is 261 g/mol. The van der Waals surface area contributed by atoms with Gasteiger partial charge in [-0.05, 0) is 36.0 Å². The summed E-state index contributed by atoms with van der Waals surface area (Å²) in [5.41, 5.74) is 1.52. The van der Waals surface area contributed by atoms with E-state index in [9.17, 15) is 0 Å². The molecule has 106 valence electrons. The SMILES string of the molecule is CC(C)N[C@H]1C[C@@H](Oc2cccc(C(C)(C)C)c2)C1. The van der Waals surface area contributed by atoms with Gasteiger partial charge in [0.25, 0.3) is 0 Å². The maximum atomic E-state index is 6.06. The highest BCUT2D eigenvalue weighted by atomic mass is 16.5. The van der Waals surface area contributed by atoms with E-state index in [1.165, 1.54) is 5.56 Å². The molecule has 0 aliphatic heterocycles. The van der Waals surface area contributed by atoms with Crippen LogP contribution in [0.3, 0.4) is 0 Å². The lowest BCUT2D eigenvalue weighted by Crippen LogP contribution is -2.49. The Balaban J connectivity index is 1.88. The molecule has 0 spiro atoms. The smallest absolute Gasteiger partial charge is 0.120 e. The molecule has 1 aromatic carbocycles. The second-order valence-corrected chi connectivity index (χ2v) is 7.01. The zero-order valence-electron chi connectivity index (χ0n) is 12.9. The van der Waals surface area contributed by atoms with Crippen molar-refractivity contribution in [2.45, 2.75) is 71.1 Å².